The molecule has 0 spiro atoms. The summed E-state index contributed by atoms with van der Waals surface area (Å²) in [4.78, 5) is 30.8. The van der Waals surface area contributed by atoms with E-state index in [4.69, 9.17) is 23.2 Å². The molecule has 0 aliphatic carbocycles. The molecule has 0 atom stereocenters. The van der Waals surface area contributed by atoms with Gasteiger partial charge in [0.2, 0.25) is 5.91 Å². The van der Waals surface area contributed by atoms with Crippen LogP contribution in [0.1, 0.15) is 5.56 Å². The number of nitrogens with zero attached hydrogens (tertiary/aromatic N) is 4. The quantitative estimate of drug-likeness (QED) is 0.351. The molecule has 174 valence electrons. The number of carbonyl (C=O) groups is 2. The van der Waals surface area contributed by atoms with E-state index in [1.54, 1.807) is 53.5 Å². The molecule has 3 amide bonds. The number of likely N-dealkylation sites (N-methyl/N-ethyl adjacent to an activating group) is 1. The van der Waals surface area contributed by atoms with Crippen molar-refractivity contribution in [1.29, 1.82) is 0 Å². The predicted molar refractivity (Wildman–Crippen MR) is 136 cm³/mol. The van der Waals surface area contributed by atoms with Gasteiger partial charge in [0.1, 0.15) is 17.2 Å². The highest BCUT2D eigenvalue weighted by molar-refractivity contribution is 7.07. The maximum absolute atomic E-state index is 12.8. The molecule has 0 saturated carbocycles. The zero-order valence-electron chi connectivity index (χ0n) is 18.3. The smallest absolute Gasteiger partial charge is 0.324 e. The van der Waals surface area contributed by atoms with Crippen molar-refractivity contribution >= 4 is 58.0 Å². The second-order valence-corrected chi connectivity index (χ2v) is 9.02. The van der Waals surface area contributed by atoms with Gasteiger partial charge in [-0.3, -0.25) is 10.1 Å². The van der Waals surface area contributed by atoms with Crippen LogP contribution in [0.25, 0.3) is 17.1 Å². The van der Waals surface area contributed by atoms with Gasteiger partial charge >= 0.3 is 6.03 Å². The zero-order valence-corrected chi connectivity index (χ0v) is 20.6. The Balaban J connectivity index is 1.65. The molecule has 11 heteroatoms. The zero-order chi connectivity index (χ0) is 24.2. The van der Waals surface area contributed by atoms with Gasteiger partial charge in [0.05, 0.1) is 33.4 Å². The largest absolute Gasteiger partial charge is 0.349 e. The minimum absolute atomic E-state index is 0.0168. The Bertz CT molecular complexity index is 1340. The van der Waals surface area contributed by atoms with Crippen molar-refractivity contribution in [3.63, 3.8) is 0 Å². The number of carbonyl (C=O) groups excluding carboxylic acids is 2. The maximum Gasteiger partial charge on any atom is 0.324 e. The number of hydrogen-bond acceptors (Lipinski definition) is 5. The lowest BCUT2D eigenvalue weighted by atomic mass is 10.1. The van der Waals surface area contributed by atoms with Crippen molar-refractivity contribution in [1.82, 2.24) is 19.7 Å². The number of hydrogen-bond donors (Lipinski definition) is 2. The SMILES string of the molecule is CN(C)C(=O)Cc1cccc(-n2nc(-c3cscn3)cc2NC(=O)Nc2cccc(Cl)c2Cl)c1. The van der Waals surface area contributed by atoms with Crippen LogP contribution in [0, 0.1) is 0 Å². The summed E-state index contributed by atoms with van der Waals surface area (Å²) in [6.45, 7) is 0. The first-order valence-electron chi connectivity index (χ1n) is 10.1. The number of urea groups is 1. The van der Waals surface area contributed by atoms with E-state index in [2.05, 4.69) is 20.7 Å². The molecule has 0 aliphatic rings. The van der Waals surface area contributed by atoms with Gasteiger partial charge in [-0.1, -0.05) is 41.4 Å². The van der Waals surface area contributed by atoms with Crippen molar-refractivity contribution in [2.24, 2.45) is 0 Å². The summed E-state index contributed by atoms with van der Waals surface area (Å²) in [6, 6.07) is 13.6. The predicted octanol–water partition coefficient (Wildman–Crippen LogP) is 5.58. The Labute approximate surface area is 210 Å². The topological polar surface area (TPSA) is 92.2 Å². The maximum atomic E-state index is 12.8. The van der Waals surface area contributed by atoms with Crippen LogP contribution in [-0.4, -0.2) is 45.7 Å². The summed E-state index contributed by atoms with van der Waals surface area (Å²) < 4.78 is 1.59. The van der Waals surface area contributed by atoms with Crippen molar-refractivity contribution in [2.45, 2.75) is 6.42 Å². The molecule has 0 aliphatic heterocycles. The lowest BCUT2D eigenvalue weighted by Gasteiger charge is -2.13. The van der Waals surface area contributed by atoms with E-state index >= 15 is 0 Å². The number of nitrogens with one attached hydrogen (secondary N) is 2. The third kappa shape index (κ3) is 5.39. The fourth-order valence-electron chi connectivity index (χ4n) is 3.13. The minimum atomic E-state index is -0.519. The average molecular weight is 515 g/mol. The monoisotopic (exact) mass is 514 g/mol. The highest BCUT2D eigenvalue weighted by Gasteiger charge is 2.17. The van der Waals surface area contributed by atoms with Gasteiger partial charge in [0, 0.05) is 25.5 Å². The summed E-state index contributed by atoms with van der Waals surface area (Å²) in [5, 5.41) is 12.6. The Morgan fingerprint density at radius 3 is 2.59 bits per heavy atom. The summed E-state index contributed by atoms with van der Waals surface area (Å²) in [5.74, 6) is 0.395. The molecule has 2 aromatic carbocycles. The molecule has 0 unspecified atom stereocenters. The van der Waals surface area contributed by atoms with Crippen LogP contribution in [0.4, 0.5) is 16.3 Å². The summed E-state index contributed by atoms with van der Waals surface area (Å²) in [7, 11) is 3.43. The first-order valence-corrected chi connectivity index (χ1v) is 11.8. The number of thiazole rings is 1. The first-order chi connectivity index (χ1) is 16.3. The van der Waals surface area contributed by atoms with Crippen molar-refractivity contribution in [3.05, 3.63) is 75.0 Å². The van der Waals surface area contributed by atoms with Gasteiger partial charge in [0.25, 0.3) is 0 Å². The van der Waals surface area contributed by atoms with Crippen LogP contribution >= 0.6 is 34.5 Å². The molecule has 2 heterocycles. The van der Waals surface area contributed by atoms with Crippen LogP contribution in [0.5, 0.6) is 0 Å². The Kier molecular flexibility index (Phi) is 7.16. The Morgan fingerprint density at radius 1 is 1.06 bits per heavy atom. The van der Waals surface area contributed by atoms with E-state index in [9.17, 15) is 9.59 Å². The normalized spacial score (nSPS) is 10.7. The Morgan fingerprint density at radius 2 is 1.85 bits per heavy atom. The standard InChI is InChI=1S/C23H20Cl2N6O2S/c1-30(2)21(32)10-14-5-3-6-15(9-14)31-20(11-18(29-31)19-12-34-13-26-19)28-23(33)27-17-8-4-7-16(24)22(17)25/h3-9,11-13H,10H2,1-2H3,(H2,27,28,33). The molecule has 4 aromatic rings. The number of anilines is 2. The summed E-state index contributed by atoms with van der Waals surface area (Å²) >= 11 is 13.7. The molecule has 4 rings (SSSR count). The molecule has 34 heavy (non-hydrogen) atoms. The fourth-order valence-corrected chi connectivity index (χ4v) is 4.03. The van der Waals surface area contributed by atoms with Gasteiger partial charge in [-0.05, 0) is 29.8 Å². The van der Waals surface area contributed by atoms with Crippen molar-refractivity contribution in [2.75, 3.05) is 24.7 Å². The lowest BCUT2D eigenvalue weighted by molar-refractivity contribution is -0.127. The van der Waals surface area contributed by atoms with Gasteiger partial charge < -0.3 is 10.2 Å². The number of benzene rings is 2. The van der Waals surface area contributed by atoms with E-state index in [0.717, 1.165) is 5.56 Å². The van der Waals surface area contributed by atoms with E-state index < -0.39 is 6.03 Å². The number of aromatic nitrogens is 3. The summed E-state index contributed by atoms with van der Waals surface area (Å²) in [6.07, 6.45) is 0.248. The molecular formula is C23H20Cl2N6O2S. The summed E-state index contributed by atoms with van der Waals surface area (Å²) in [5.41, 5.74) is 4.87. The van der Waals surface area contributed by atoms with Crippen LogP contribution in [-0.2, 0) is 11.2 Å². The molecule has 0 bridgehead atoms. The number of halogens is 2. The molecule has 2 N–H and O–H groups in total. The molecule has 0 saturated heterocycles. The average Bonchev–Trinajstić information content (AvgIpc) is 3.47. The van der Waals surface area contributed by atoms with Crippen LogP contribution in [0.2, 0.25) is 10.0 Å². The molecule has 0 radical (unpaired) electrons. The van der Waals surface area contributed by atoms with E-state index in [1.165, 1.54) is 11.3 Å². The molecular weight excluding hydrogens is 495 g/mol. The Hall–Kier alpha value is -3.40. The van der Waals surface area contributed by atoms with Crippen molar-refractivity contribution in [3.8, 4) is 17.1 Å². The number of rotatable bonds is 6. The van der Waals surface area contributed by atoms with Crippen molar-refractivity contribution < 1.29 is 9.59 Å². The van der Waals surface area contributed by atoms with E-state index in [1.807, 2.05) is 29.6 Å². The highest BCUT2D eigenvalue weighted by Crippen LogP contribution is 2.30. The van der Waals surface area contributed by atoms with E-state index in [-0.39, 0.29) is 17.4 Å². The van der Waals surface area contributed by atoms with Gasteiger partial charge in [-0.25, -0.2) is 14.5 Å². The third-order valence-electron chi connectivity index (χ3n) is 4.85. The molecule has 0 fully saturated rings. The van der Waals surface area contributed by atoms with Gasteiger partial charge in [-0.15, -0.1) is 11.3 Å². The van der Waals surface area contributed by atoms with Crippen LogP contribution in [0.3, 0.4) is 0 Å². The number of amides is 3. The molecule has 2 aromatic heterocycles. The minimum Gasteiger partial charge on any atom is -0.349 e. The van der Waals surface area contributed by atoms with Crippen LogP contribution in [0.15, 0.2) is 59.4 Å². The second-order valence-electron chi connectivity index (χ2n) is 7.52. The van der Waals surface area contributed by atoms with Gasteiger partial charge in [-0.2, -0.15) is 5.10 Å². The first kappa shape index (κ1) is 23.7. The van der Waals surface area contributed by atoms with Gasteiger partial charge in [0.15, 0.2) is 0 Å². The fraction of sp³-hybridized carbons (Fsp3) is 0.130. The van der Waals surface area contributed by atoms with E-state index in [0.29, 0.717) is 33.6 Å². The lowest BCUT2D eigenvalue weighted by Crippen LogP contribution is -2.23. The highest BCUT2D eigenvalue weighted by atomic mass is 35.5. The molecule has 8 nitrogen and oxygen atoms in total. The third-order valence-corrected chi connectivity index (χ3v) is 6.26. The second kappa shape index (κ2) is 10.3. The van der Waals surface area contributed by atoms with Crippen LogP contribution < -0.4 is 10.6 Å².